The Bertz CT molecular complexity index is 497. The fraction of sp³-hybridized carbons (Fsp3) is 0.562. The van der Waals surface area contributed by atoms with Gasteiger partial charge in [0.2, 0.25) is 0 Å². The molecule has 3 rings (SSSR count). The van der Waals surface area contributed by atoms with E-state index < -0.39 is 0 Å². The summed E-state index contributed by atoms with van der Waals surface area (Å²) in [5, 5.41) is 0. The van der Waals surface area contributed by atoms with Crippen LogP contribution in [0.4, 0.5) is 0 Å². The molecule has 0 bridgehead atoms. The molecular formula is C16H19Br2NO. The van der Waals surface area contributed by atoms with Crippen LogP contribution in [0.1, 0.15) is 42.5 Å². The molecule has 0 aromatic heterocycles. The number of hydrogen-bond acceptors (Lipinski definition) is 1. The summed E-state index contributed by atoms with van der Waals surface area (Å²) >= 11 is 6.92. The summed E-state index contributed by atoms with van der Waals surface area (Å²) in [7, 11) is 0. The standard InChI is InChI=1S/C16H19Br2NO/c17-14-7-13(8-15(18)9-14)16(20)19-6-5-11-3-1-2-4-12(11)10-19/h7-9,11-12H,1-6,10H2. The van der Waals surface area contributed by atoms with Crippen molar-refractivity contribution in [3.8, 4) is 0 Å². The Hall–Kier alpha value is -0.350. The minimum atomic E-state index is 0.177. The fourth-order valence-electron chi connectivity index (χ4n) is 3.65. The number of amides is 1. The van der Waals surface area contributed by atoms with Crippen LogP contribution >= 0.6 is 31.9 Å². The lowest BCUT2D eigenvalue weighted by Gasteiger charge is -2.41. The predicted molar refractivity (Wildman–Crippen MR) is 87.8 cm³/mol. The Morgan fingerprint density at radius 1 is 1.00 bits per heavy atom. The molecule has 1 amide bonds. The average Bonchev–Trinajstić information content (AvgIpc) is 2.45. The van der Waals surface area contributed by atoms with E-state index in [1.165, 1.54) is 32.1 Å². The third kappa shape index (κ3) is 3.11. The van der Waals surface area contributed by atoms with E-state index in [1.54, 1.807) is 0 Å². The molecule has 2 nitrogen and oxygen atoms in total. The van der Waals surface area contributed by atoms with E-state index in [0.29, 0.717) is 0 Å². The van der Waals surface area contributed by atoms with E-state index in [-0.39, 0.29) is 5.91 Å². The third-order valence-corrected chi connectivity index (χ3v) is 5.60. The minimum absolute atomic E-state index is 0.177. The summed E-state index contributed by atoms with van der Waals surface area (Å²) in [4.78, 5) is 14.7. The van der Waals surface area contributed by atoms with Gasteiger partial charge in [-0.3, -0.25) is 4.79 Å². The normalized spacial score (nSPS) is 26.2. The lowest BCUT2D eigenvalue weighted by Crippen LogP contribution is -2.44. The number of hydrogen-bond donors (Lipinski definition) is 0. The Morgan fingerprint density at radius 2 is 1.65 bits per heavy atom. The van der Waals surface area contributed by atoms with Crippen molar-refractivity contribution in [2.24, 2.45) is 11.8 Å². The Balaban J connectivity index is 1.74. The third-order valence-electron chi connectivity index (χ3n) is 4.69. The van der Waals surface area contributed by atoms with Gasteiger partial charge in [0.1, 0.15) is 0 Å². The van der Waals surface area contributed by atoms with Gasteiger partial charge in [-0.05, 0) is 42.9 Å². The summed E-state index contributed by atoms with van der Waals surface area (Å²) in [5.74, 6) is 1.77. The van der Waals surface area contributed by atoms with Crippen molar-refractivity contribution in [2.75, 3.05) is 13.1 Å². The number of carbonyl (C=O) groups is 1. The van der Waals surface area contributed by atoms with Crippen molar-refractivity contribution < 1.29 is 4.79 Å². The topological polar surface area (TPSA) is 20.3 Å². The molecule has 2 unspecified atom stereocenters. The van der Waals surface area contributed by atoms with E-state index in [4.69, 9.17) is 0 Å². The van der Waals surface area contributed by atoms with Gasteiger partial charge in [-0.2, -0.15) is 0 Å². The molecule has 1 saturated heterocycles. The maximum absolute atomic E-state index is 12.7. The van der Waals surface area contributed by atoms with Crippen molar-refractivity contribution in [3.63, 3.8) is 0 Å². The quantitative estimate of drug-likeness (QED) is 0.658. The second-order valence-corrected chi connectivity index (χ2v) is 7.83. The smallest absolute Gasteiger partial charge is 0.253 e. The molecule has 1 aromatic carbocycles. The SMILES string of the molecule is O=C(c1cc(Br)cc(Br)c1)N1CCC2CCCCC2C1. The van der Waals surface area contributed by atoms with Crippen molar-refractivity contribution in [1.29, 1.82) is 0 Å². The number of nitrogens with zero attached hydrogens (tertiary/aromatic N) is 1. The van der Waals surface area contributed by atoms with Crippen molar-refractivity contribution in [1.82, 2.24) is 4.90 Å². The number of likely N-dealkylation sites (tertiary alicyclic amines) is 1. The first-order chi connectivity index (χ1) is 9.63. The van der Waals surface area contributed by atoms with Gasteiger partial charge in [0.05, 0.1) is 0 Å². The molecule has 108 valence electrons. The molecular weight excluding hydrogens is 382 g/mol. The van der Waals surface area contributed by atoms with Gasteiger partial charge in [0, 0.05) is 27.6 Å². The molecule has 1 aliphatic carbocycles. The molecule has 1 heterocycles. The predicted octanol–water partition coefficient (Wildman–Crippen LogP) is 4.86. The molecule has 2 fully saturated rings. The average molecular weight is 401 g/mol. The number of piperidine rings is 1. The van der Waals surface area contributed by atoms with Crippen molar-refractivity contribution in [2.45, 2.75) is 32.1 Å². The molecule has 2 atom stereocenters. The highest BCUT2D eigenvalue weighted by Crippen LogP contribution is 2.36. The molecule has 0 N–H and O–H groups in total. The van der Waals surface area contributed by atoms with E-state index in [2.05, 4.69) is 36.8 Å². The van der Waals surface area contributed by atoms with Gasteiger partial charge in [0.25, 0.3) is 5.91 Å². The minimum Gasteiger partial charge on any atom is -0.338 e. The first-order valence-electron chi connectivity index (χ1n) is 7.39. The van der Waals surface area contributed by atoms with Gasteiger partial charge in [-0.15, -0.1) is 0 Å². The molecule has 1 aromatic rings. The van der Waals surface area contributed by atoms with Crippen LogP contribution < -0.4 is 0 Å². The zero-order chi connectivity index (χ0) is 14.1. The molecule has 1 saturated carbocycles. The lowest BCUT2D eigenvalue weighted by molar-refractivity contribution is 0.0521. The van der Waals surface area contributed by atoms with Crippen LogP contribution in [0.5, 0.6) is 0 Å². The van der Waals surface area contributed by atoms with Gasteiger partial charge < -0.3 is 4.90 Å². The maximum Gasteiger partial charge on any atom is 0.253 e. The van der Waals surface area contributed by atoms with Crippen LogP contribution in [0.3, 0.4) is 0 Å². The number of rotatable bonds is 1. The van der Waals surface area contributed by atoms with E-state index >= 15 is 0 Å². The van der Waals surface area contributed by atoms with Crippen LogP contribution in [-0.4, -0.2) is 23.9 Å². The number of benzene rings is 1. The van der Waals surface area contributed by atoms with Gasteiger partial charge in [0.15, 0.2) is 0 Å². The van der Waals surface area contributed by atoms with Crippen LogP contribution in [0, 0.1) is 11.8 Å². The monoisotopic (exact) mass is 399 g/mol. The molecule has 0 spiro atoms. The highest BCUT2D eigenvalue weighted by Gasteiger charge is 2.33. The summed E-state index contributed by atoms with van der Waals surface area (Å²) in [6, 6.07) is 5.80. The zero-order valence-electron chi connectivity index (χ0n) is 11.4. The maximum atomic E-state index is 12.7. The van der Waals surface area contributed by atoms with E-state index in [0.717, 1.165) is 39.4 Å². The molecule has 2 aliphatic rings. The van der Waals surface area contributed by atoms with Gasteiger partial charge in [-0.25, -0.2) is 0 Å². The molecule has 0 radical (unpaired) electrons. The molecule has 4 heteroatoms. The first kappa shape index (κ1) is 14.6. The Labute approximate surface area is 137 Å². The fourth-order valence-corrected chi connectivity index (χ4v) is 4.94. The van der Waals surface area contributed by atoms with Crippen LogP contribution in [0.15, 0.2) is 27.1 Å². The van der Waals surface area contributed by atoms with Gasteiger partial charge >= 0.3 is 0 Å². The van der Waals surface area contributed by atoms with Crippen LogP contribution in [0.2, 0.25) is 0 Å². The van der Waals surface area contributed by atoms with Crippen molar-refractivity contribution in [3.05, 3.63) is 32.7 Å². The lowest BCUT2D eigenvalue weighted by atomic mass is 9.75. The second-order valence-electron chi connectivity index (χ2n) is 6.00. The number of halogens is 2. The summed E-state index contributed by atoms with van der Waals surface area (Å²) in [5.41, 5.74) is 0.778. The van der Waals surface area contributed by atoms with E-state index in [9.17, 15) is 4.79 Å². The number of fused-ring (bicyclic) bond motifs is 1. The highest BCUT2D eigenvalue weighted by atomic mass is 79.9. The molecule has 1 aliphatic heterocycles. The molecule has 20 heavy (non-hydrogen) atoms. The van der Waals surface area contributed by atoms with Gasteiger partial charge in [-0.1, -0.05) is 51.1 Å². The van der Waals surface area contributed by atoms with Crippen LogP contribution in [0.25, 0.3) is 0 Å². The largest absolute Gasteiger partial charge is 0.338 e. The van der Waals surface area contributed by atoms with E-state index in [1.807, 2.05) is 18.2 Å². The first-order valence-corrected chi connectivity index (χ1v) is 8.97. The Morgan fingerprint density at radius 3 is 2.35 bits per heavy atom. The highest BCUT2D eigenvalue weighted by molar-refractivity contribution is 9.11. The number of carbonyl (C=O) groups excluding carboxylic acids is 1. The van der Waals surface area contributed by atoms with Crippen LogP contribution in [-0.2, 0) is 0 Å². The summed E-state index contributed by atoms with van der Waals surface area (Å²) in [6.45, 7) is 1.87. The zero-order valence-corrected chi connectivity index (χ0v) is 14.6. The summed E-state index contributed by atoms with van der Waals surface area (Å²) < 4.78 is 1.89. The summed E-state index contributed by atoms with van der Waals surface area (Å²) in [6.07, 6.45) is 6.58. The second kappa shape index (κ2) is 6.18. The Kier molecular flexibility index (Phi) is 4.51. The van der Waals surface area contributed by atoms with Crippen molar-refractivity contribution >= 4 is 37.8 Å².